The lowest BCUT2D eigenvalue weighted by Crippen LogP contribution is -2.35. The number of rotatable bonds is 6. The number of nitrogens with zero attached hydrogens (tertiary/aromatic N) is 4. The van der Waals surface area contributed by atoms with Crippen molar-refractivity contribution in [3.8, 4) is 0 Å². The van der Waals surface area contributed by atoms with Crippen molar-refractivity contribution in [2.75, 3.05) is 27.2 Å². The molecule has 0 radical (unpaired) electrons. The van der Waals surface area contributed by atoms with Gasteiger partial charge in [-0.3, -0.25) is 4.98 Å². The molecule has 25 heavy (non-hydrogen) atoms. The molecule has 2 aromatic rings. The molecule has 0 spiro atoms. The lowest BCUT2D eigenvalue weighted by Gasteiger charge is -2.28. The van der Waals surface area contributed by atoms with Gasteiger partial charge in [-0.25, -0.2) is 0 Å². The molecular formula is C19H27N5S. The Morgan fingerprint density at radius 1 is 1.28 bits per heavy atom. The molecule has 1 N–H and O–H groups in total. The largest absolute Gasteiger partial charge is 0.352 e. The molecule has 1 saturated heterocycles. The Hall–Kier alpha value is -1.92. The number of nitrogens with one attached hydrogen (secondary N) is 1. The number of hydrogen-bond donors (Lipinski definition) is 1. The second kappa shape index (κ2) is 7.54. The summed E-state index contributed by atoms with van der Waals surface area (Å²) in [6.45, 7) is 6.24. The van der Waals surface area contributed by atoms with Crippen molar-refractivity contribution in [1.82, 2.24) is 24.7 Å². The number of aromatic nitrogens is 2. The van der Waals surface area contributed by atoms with E-state index in [1.54, 1.807) is 0 Å². The Morgan fingerprint density at radius 3 is 2.68 bits per heavy atom. The van der Waals surface area contributed by atoms with Crippen molar-refractivity contribution in [3.63, 3.8) is 0 Å². The van der Waals surface area contributed by atoms with E-state index in [2.05, 4.69) is 77.1 Å². The summed E-state index contributed by atoms with van der Waals surface area (Å²) >= 11 is 5.67. The Balaban J connectivity index is 1.95. The van der Waals surface area contributed by atoms with Crippen molar-refractivity contribution in [3.05, 3.63) is 54.1 Å². The molecule has 0 aromatic carbocycles. The fourth-order valence-corrected chi connectivity index (χ4v) is 3.58. The van der Waals surface area contributed by atoms with Crippen LogP contribution >= 0.6 is 12.2 Å². The molecule has 3 rings (SSSR count). The summed E-state index contributed by atoms with van der Waals surface area (Å²) in [5, 5.41) is 4.30. The van der Waals surface area contributed by atoms with Crippen LogP contribution in [0.5, 0.6) is 0 Å². The summed E-state index contributed by atoms with van der Waals surface area (Å²) in [6.07, 6.45) is 6.24. The number of likely N-dealkylation sites (N-methyl/N-ethyl adjacent to an activating group) is 1. The van der Waals surface area contributed by atoms with Gasteiger partial charge in [0.05, 0.1) is 17.8 Å². The molecule has 0 bridgehead atoms. The molecule has 2 aromatic heterocycles. The monoisotopic (exact) mass is 357 g/mol. The van der Waals surface area contributed by atoms with E-state index in [4.69, 9.17) is 12.2 Å². The van der Waals surface area contributed by atoms with Crippen LogP contribution < -0.4 is 5.32 Å². The average molecular weight is 358 g/mol. The van der Waals surface area contributed by atoms with Crippen LogP contribution in [-0.4, -0.2) is 51.6 Å². The molecule has 5 nitrogen and oxygen atoms in total. The lowest BCUT2D eigenvalue weighted by atomic mass is 9.99. The zero-order valence-corrected chi connectivity index (χ0v) is 16.2. The first-order chi connectivity index (χ1) is 12.0. The number of thiocarbonyl (C=S) groups is 1. The Kier molecular flexibility index (Phi) is 5.39. The van der Waals surface area contributed by atoms with Gasteiger partial charge in [0.15, 0.2) is 5.11 Å². The average Bonchev–Trinajstić information content (AvgIpc) is 3.18. The van der Waals surface area contributed by atoms with Gasteiger partial charge in [-0.05, 0) is 63.9 Å². The maximum Gasteiger partial charge on any atom is 0.170 e. The molecule has 134 valence electrons. The maximum atomic E-state index is 5.67. The Bertz CT molecular complexity index is 710. The van der Waals surface area contributed by atoms with Crippen LogP contribution in [0.3, 0.4) is 0 Å². The minimum Gasteiger partial charge on any atom is -0.352 e. The van der Waals surface area contributed by atoms with Crippen LogP contribution in [0.25, 0.3) is 0 Å². The minimum absolute atomic E-state index is 0.0684. The highest BCUT2D eigenvalue weighted by Gasteiger charge is 2.39. The van der Waals surface area contributed by atoms with Gasteiger partial charge < -0.3 is 19.7 Å². The summed E-state index contributed by atoms with van der Waals surface area (Å²) < 4.78 is 2.25. The Morgan fingerprint density at radius 2 is 2.08 bits per heavy atom. The van der Waals surface area contributed by atoms with Gasteiger partial charge in [0.25, 0.3) is 0 Å². The van der Waals surface area contributed by atoms with Crippen LogP contribution in [0.1, 0.15) is 43.2 Å². The summed E-state index contributed by atoms with van der Waals surface area (Å²) in [5.41, 5.74) is 2.30. The molecule has 1 fully saturated rings. The fraction of sp³-hybridized carbons (Fsp3) is 0.474. The van der Waals surface area contributed by atoms with E-state index >= 15 is 0 Å². The van der Waals surface area contributed by atoms with E-state index in [0.29, 0.717) is 6.04 Å². The van der Waals surface area contributed by atoms with Crippen LogP contribution in [0.2, 0.25) is 0 Å². The van der Waals surface area contributed by atoms with E-state index < -0.39 is 0 Å². The number of pyridine rings is 1. The predicted octanol–water partition coefficient (Wildman–Crippen LogP) is 3.00. The van der Waals surface area contributed by atoms with Gasteiger partial charge in [0, 0.05) is 37.7 Å². The van der Waals surface area contributed by atoms with Gasteiger partial charge in [-0.2, -0.15) is 0 Å². The third kappa shape index (κ3) is 3.85. The third-order valence-electron chi connectivity index (χ3n) is 4.66. The van der Waals surface area contributed by atoms with Crippen LogP contribution in [0.4, 0.5) is 0 Å². The van der Waals surface area contributed by atoms with Gasteiger partial charge in [0.2, 0.25) is 0 Å². The second-order valence-corrected chi connectivity index (χ2v) is 7.50. The molecule has 0 unspecified atom stereocenters. The molecule has 1 aliphatic rings. The molecule has 0 saturated carbocycles. The van der Waals surface area contributed by atoms with Gasteiger partial charge in [-0.15, -0.1) is 0 Å². The topological polar surface area (TPSA) is 36.3 Å². The van der Waals surface area contributed by atoms with Gasteiger partial charge in [0.1, 0.15) is 0 Å². The quantitative estimate of drug-likeness (QED) is 0.804. The molecule has 6 heteroatoms. The van der Waals surface area contributed by atoms with Crippen molar-refractivity contribution < 1.29 is 0 Å². The molecule has 0 aliphatic carbocycles. The summed E-state index contributed by atoms with van der Waals surface area (Å²) in [6, 6.07) is 8.93. The number of hydrogen-bond acceptors (Lipinski definition) is 3. The molecule has 0 amide bonds. The standard InChI is InChI=1S/C19H27N5S/c1-14(2)23-10-8-15(13-23)18-17(16-7-5-6-9-20-16)21-19(25)24(18)12-11-22(3)4/h5-10,13-14,17-18H,11-12H2,1-4H3,(H,21,25)/t17-,18+/m1/s1. The highest BCUT2D eigenvalue weighted by molar-refractivity contribution is 7.80. The Labute approximate surface area is 155 Å². The van der Waals surface area contributed by atoms with Crippen molar-refractivity contribution >= 4 is 17.3 Å². The highest BCUT2D eigenvalue weighted by Crippen LogP contribution is 2.38. The van der Waals surface area contributed by atoms with E-state index in [9.17, 15) is 0 Å². The van der Waals surface area contributed by atoms with E-state index in [0.717, 1.165) is 23.9 Å². The molecular weight excluding hydrogens is 330 g/mol. The molecule has 2 atom stereocenters. The third-order valence-corrected chi connectivity index (χ3v) is 5.01. The van der Waals surface area contributed by atoms with Crippen LogP contribution in [-0.2, 0) is 0 Å². The second-order valence-electron chi connectivity index (χ2n) is 7.11. The fourth-order valence-electron chi connectivity index (χ4n) is 3.24. The first kappa shape index (κ1) is 17.9. The summed E-state index contributed by atoms with van der Waals surface area (Å²) in [7, 11) is 4.18. The summed E-state index contributed by atoms with van der Waals surface area (Å²) in [4.78, 5) is 9.06. The zero-order chi connectivity index (χ0) is 18.0. The minimum atomic E-state index is 0.0684. The van der Waals surface area contributed by atoms with Gasteiger partial charge >= 0.3 is 0 Å². The molecule has 3 heterocycles. The summed E-state index contributed by atoms with van der Waals surface area (Å²) in [5.74, 6) is 0. The molecule has 1 aliphatic heterocycles. The van der Waals surface area contributed by atoms with Crippen LogP contribution in [0.15, 0.2) is 42.9 Å². The van der Waals surface area contributed by atoms with Crippen molar-refractivity contribution in [2.24, 2.45) is 0 Å². The van der Waals surface area contributed by atoms with Crippen LogP contribution in [0, 0.1) is 0 Å². The predicted molar refractivity (Wildman–Crippen MR) is 106 cm³/mol. The van der Waals surface area contributed by atoms with Gasteiger partial charge in [-0.1, -0.05) is 6.07 Å². The van der Waals surface area contributed by atoms with Crippen molar-refractivity contribution in [1.29, 1.82) is 0 Å². The first-order valence-electron chi connectivity index (χ1n) is 8.77. The maximum absolute atomic E-state index is 5.67. The van der Waals surface area contributed by atoms with E-state index in [1.807, 2.05) is 18.3 Å². The zero-order valence-electron chi connectivity index (χ0n) is 15.4. The smallest absolute Gasteiger partial charge is 0.170 e. The van der Waals surface area contributed by atoms with E-state index in [-0.39, 0.29) is 12.1 Å². The SMILES string of the molecule is CC(C)n1ccc([C@H]2[C@@H](c3ccccn3)NC(=S)N2CCN(C)C)c1. The lowest BCUT2D eigenvalue weighted by molar-refractivity contribution is 0.277. The van der Waals surface area contributed by atoms with Crippen molar-refractivity contribution in [2.45, 2.75) is 32.0 Å². The highest BCUT2D eigenvalue weighted by atomic mass is 32.1. The first-order valence-corrected chi connectivity index (χ1v) is 9.18. The normalized spacial score (nSPS) is 20.6. The van der Waals surface area contributed by atoms with E-state index in [1.165, 1.54) is 5.56 Å².